The Hall–Kier alpha value is -0.910. The Labute approximate surface area is 121 Å². The number of benzene rings is 1. The summed E-state index contributed by atoms with van der Waals surface area (Å²) < 4.78 is 27.7. The normalized spacial score (nSPS) is 23.7. The SMILES string of the molecule is CCC1CCCCC1NS(=O)(=O)c1ccc(CN)cc1. The van der Waals surface area contributed by atoms with Crippen molar-refractivity contribution in [3.63, 3.8) is 0 Å². The molecule has 0 amide bonds. The monoisotopic (exact) mass is 296 g/mol. The summed E-state index contributed by atoms with van der Waals surface area (Å²) >= 11 is 0. The molecule has 2 rings (SSSR count). The summed E-state index contributed by atoms with van der Waals surface area (Å²) in [6, 6.07) is 6.88. The Morgan fingerprint density at radius 2 is 1.85 bits per heavy atom. The Morgan fingerprint density at radius 3 is 2.45 bits per heavy atom. The zero-order valence-electron chi connectivity index (χ0n) is 12.0. The third-order valence-electron chi connectivity index (χ3n) is 4.21. The molecule has 0 saturated heterocycles. The van der Waals surface area contributed by atoms with E-state index in [2.05, 4.69) is 11.6 Å². The zero-order chi connectivity index (χ0) is 14.6. The summed E-state index contributed by atoms with van der Waals surface area (Å²) in [5.41, 5.74) is 6.47. The molecule has 3 N–H and O–H groups in total. The first-order valence-corrected chi connectivity index (χ1v) is 8.86. The maximum Gasteiger partial charge on any atom is 0.240 e. The molecule has 2 unspecified atom stereocenters. The van der Waals surface area contributed by atoms with Gasteiger partial charge in [-0.25, -0.2) is 13.1 Å². The van der Waals surface area contributed by atoms with Gasteiger partial charge in [-0.1, -0.05) is 38.3 Å². The molecular formula is C15H24N2O2S. The molecule has 1 aliphatic carbocycles. The molecule has 0 bridgehead atoms. The molecule has 0 spiro atoms. The van der Waals surface area contributed by atoms with Gasteiger partial charge in [-0.05, 0) is 36.5 Å². The van der Waals surface area contributed by atoms with Crippen LogP contribution in [-0.2, 0) is 16.6 Å². The fraction of sp³-hybridized carbons (Fsp3) is 0.600. The van der Waals surface area contributed by atoms with Crippen LogP contribution in [0.3, 0.4) is 0 Å². The lowest BCUT2D eigenvalue weighted by atomic mass is 9.83. The molecule has 0 heterocycles. The van der Waals surface area contributed by atoms with Crippen molar-refractivity contribution in [2.75, 3.05) is 0 Å². The van der Waals surface area contributed by atoms with Gasteiger partial charge in [0.25, 0.3) is 0 Å². The molecule has 0 aromatic heterocycles. The summed E-state index contributed by atoms with van der Waals surface area (Å²) in [7, 11) is -3.42. The summed E-state index contributed by atoms with van der Waals surface area (Å²) in [4.78, 5) is 0.329. The largest absolute Gasteiger partial charge is 0.326 e. The molecule has 0 radical (unpaired) electrons. The van der Waals surface area contributed by atoms with E-state index < -0.39 is 10.0 Å². The van der Waals surface area contributed by atoms with E-state index in [1.165, 1.54) is 6.42 Å². The van der Waals surface area contributed by atoms with Gasteiger partial charge in [-0.3, -0.25) is 0 Å². The summed E-state index contributed by atoms with van der Waals surface area (Å²) in [5.74, 6) is 0.460. The first-order chi connectivity index (χ1) is 9.56. The first kappa shape index (κ1) is 15.5. The van der Waals surface area contributed by atoms with Crippen molar-refractivity contribution in [1.82, 2.24) is 4.72 Å². The third-order valence-corrected chi connectivity index (χ3v) is 5.72. The Kier molecular flexibility index (Phi) is 5.18. The van der Waals surface area contributed by atoms with Gasteiger partial charge in [0.1, 0.15) is 0 Å². The number of hydrogen-bond donors (Lipinski definition) is 2. The predicted octanol–water partition coefficient (Wildman–Crippen LogP) is 2.39. The van der Waals surface area contributed by atoms with Crippen LogP contribution in [0.15, 0.2) is 29.2 Å². The Balaban J connectivity index is 2.12. The van der Waals surface area contributed by atoms with E-state index in [1.54, 1.807) is 24.3 Å². The van der Waals surface area contributed by atoms with Crippen LogP contribution in [0.25, 0.3) is 0 Å². The van der Waals surface area contributed by atoms with Gasteiger partial charge in [0.15, 0.2) is 0 Å². The average Bonchev–Trinajstić information content (AvgIpc) is 2.47. The van der Waals surface area contributed by atoms with Crippen molar-refractivity contribution >= 4 is 10.0 Å². The van der Waals surface area contributed by atoms with Crippen LogP contribution in [0.1, 0.15) is 44.6 Å². The molecule has 1 saturated carbocycles. The van der Waals surface area contributed by atoms with Crippen molar-refractivity contribution in [2.24, 2.45) is 11.7 Å². The maximum absolute atomic E-state index is 12.4. The van der Waals surface area contributed by atoms with E-state index in [9.17, 15) is 8.42 Å². The first-order valence-electron chi connectivity index (χ1n) is 7.38. The van der Waals surface area contributed by atoms with Crippen molar-refractivity contribution in [2.45, 2.75) is 56.5 Å². The highest BCUT2D eigenvalue weighted by molar-refractivity contribution is 7.89. The minimum absolute atomic E-state index is 0.0768. The number of hydrogen-bond acceptors (Lipinski definition) is 3. The van der Waals surface area contributed by atoms with Gasteiger partial charge in [0.05, 0.1) is 4.90 Å². The van der Waals surface area contributed by atoms with E-state index in [4.69, 9.17) is 5.73 Å². The molecule has 4 nitrogen and oxygen atoms in total. The minimum atomic E-state index is -3.42. The topological polar surface area (TPSA) is 72.2 Å². The molecule has 0 aliphatic heterocycles. The highest BCUT2D eigenvalue weighted by atomic mass is 32.2. The van der Waals surface area contributed by atoms with Crippen molar-refractivity contribution in [1.29, 1.82) is 0 Å². The van der Waals surface area contributed by atoms with Gasteiger partial charge in [-0.2, -0.15) is 0 Å². The lowest BCUT2D eigenvalue weighted by Crippen LogP contribution is -2.41. The van der Waals surface area contributed by atoms with E-state index in [0.29, 0.717) is 17.4 Å². The third kappa shape index (κ3) is 3.59. The predicted molar refractivity (Wildman–Crippen MR) is 80.7 cm³/mol. The van der Waals surface area contributed by atoms with Gasteiger partial charge in [-0.15, -0.1) is 0 Å². The molecule has 1 aromatic rings. The molecule has 1 aliphatic rings. The highest BCUT2D eigenvalue weighted by Gasteiger charge is 2.28. The number of nitrogens with two attached hydrogens (primary N) is 1. The second-order valence-electron chi connectivity index (χ2n) is 5.53. The van der Waals surface area contributed by atoms with Crippen LogP contribution >= 0.6 is 0 Å². The second-order valence-corrected chi connectivity index (χ2v) is 7.24. The quantitative estimate of drug-likeness (QED) is 0.876. The molecule has 2 atom stereocenters. The van der Waals surface area contributed by atoms with Crippen LogP contribution in [0.4, 0.5) is 0 Å². The van der Waals surface area contributed by atoms with Crippen molar-refractivity contribution < 1.29 is 8.42 Å². The van der Waals surface area contributed by atoms with E-state index >= 15 is 0 Å². The van der Waals surface area contributed by atoms with Crippen LogP contribution < -0.4 is 10.5 Å². The zero-order valence-corrected chi connectivity index (χ0v) is 12.8. The van der Waals surface area contributed by atoms with Crippen LogP contribution in [0.5, 0.6) is 0 Å². The Morgan fingerprint density at radius 1 is 1.20 bits per heavy atom. The highest BCUT2D eigenvalue weighted by Crippen LogP contribution is 2.28. The van der Waals surface area contributed by atoms with E-state index in [1.807, 2.05) is 0 Å². The molecule has 5 heteroatoms. The van der Waals surface area contributed by atoms with Gasteiger partial charge in [0.2, 0.25) is 10.0 Å². The van der Waals surface area contributed by atoms with Crippen LogP contribution in [0.2, 0.25) is 0 Å². The smallest absolute Gasteiger partial charge is 0.240 e. The lowest BCUT2D eigenvalue weighted by Gasteiger charge is -2.31. The minimum Gasteiger partial charge on any atom is -0.326 e. The number of rotatable bonds is 5. The van der Waals surface area contributed by atoms with E-state index in [-0.39, 0.29) is 6.04 Å². The summed E-state index contributed by atoms with van der Waals surface area (Å²) in [6.07, 6.45) is 5.41. The fourth-order valence-electron chi connectivity index (χ4n) is 2.92. The van der Waals surface area contributed by atoms with Crippen LogP contribution in [-0.4, -0.2) is 14.5 Å². The second kappa shape index (κ2) is 6.70. The lowest BCUT2D eigenvalue weighted by molar-refractivity contribution is 0.282. The number of nitrogens with one attached hydrogen (secondary N) is 1. The van der Waals surface area contributed by atoms with Crippen molar-refractivity contribution in [3.05, 3.63) is 29.8 Å². The molecule has 1 fully saturated rings. The van der Waals surface area contributed by atoms with Gasteiger partial charge in [0, 0.05) is 12.6 Å². The van der Waals surface area contributed by atoms with Crippen molar-refractivity contribution in [3.8, 4) is 0 Å². The van der Waals surface area contributed by atoms with E-state index in [0.717, 1.165) is 31.2 Å². The Bertz CT molecular complexity index is 525. The maximum atomic E-state index is 12.4. The number of sulfonamides is 1. The summed E-state index contributed by atoms with van der Waals surface area (Å²) in [5, 5.41) is 0. The van der Waals surface area contributed by atoms with Crippen LogP contribution in [0, 0.1) is 5.92 Å². The molecule has 112 valence electrons. The standard InChI is InChI=1S/C15H24N2O2S/c1-2-13-5-3-4-6-15(13)17-20(18,19)14-9-7-12(11-16)8-10-14/h7-10,13,15,17H,2-6,11,16H2,1H3. The molecule has 20 heavy (non-hydrogen) atoms. The van der Waals surface area contributed by atoms with Gasteiger partial charge < -0.3 is 5.73 Å². The molecule has 1 aromatic carbocycles. The fourth-order valence-corrected chi connectivity index (χ4v) is 4.26. The average molecular weight is 296 g/mol. The summed E-state index contributed by atoms with van der Waals surface area (Å²) in [6.45, 7) is 2.56. The van der Waals surface area contributed by atoms with Gasteiger partial charge >= 0.3 is 0 Å². The molecular weight excluding hydrogens is 272 g/mol.